The van der Waals surface area contributed by atoms with Crippen LogP contribution in [-0.4, -0.2) is 121 Å². The molecule has 2 aliphatic heterocycles. The molecule has 0 bridgehead atoms. The summed E-state index contributed by atoms with van der Waals surface area (Å²) in [6.45, 7) is 5.75. The van der Waals surface area contributed by atoms with Gasteiger partial charge in [0, 0.05) is 25.9 Å². The van der Waals surface area contributed by atoms with E-state index in [4.69, 9.17) is 4.74 Å². The van der Waals surface area contributed by atoms with Gasteiger partial charge in [0.1, 0.15) is 24.7 Å². The van der Waals surface area contributed by atoms with E-state index in [1.165, 1.54) is 16.7 Å². The molecule has 2 aromatic carbocycles. The van der Waals surface area contributed by atoms with Crippen molar-refractivity contribution in [2.24, 2.45) is 0 Å². The minimum Gasteiger partial charge on any atom is -0.363 e. The Hall–Kier alpha value is -4.96. The first kappa shape index (κ1) is 54.6. The Morgan fingerprint density at radius 3 is 1.93 bits per heavy atom. The summed E-state index contributed by atoms with van der Waals surface area (Å²) < 4.78 is 6.02. The molecule has 14 nitrogen and oxygen atoms in total. The van der Waals surface area contributed by atoms with Crippen molar-refractivity contribution in [2.45, 2.75) is 152 Å². The number of halogens is 2. The van der Waals surface area contributed by atoms with Crippen LogP contribution >= 0.6 is 24.8 Å². The van der Waals surface area contributed by atoms with Crippen LogP contribution in [-0.2, 0) is 46.3 Å². The Morgan fingerprint density at radius 1 is 0.687 bits per heavy atom. The van der Waals surface area contributed by atoms with E-state index in [9.17, 15) is 28.8 Å². The van der Waals surface area contributed by atoms with Gasteiger partial charge in [0.2, 0.25) is 29.5 Å². The first-order valence-electron chi connectivity index (χ1n) is 23.5. The molecular weight excluding hydrogens is 894 g/mol. The van der Waals surface area contributed by atoms with Crippen LogP contribution in [0.5, 0.6) is 0 Å². The fourth-order valence-electron chi connectivity index (χ4n) is 9.63. The molecule has 0 spiro atoms. The number of ketones is 1. The molecule has 9 atom stereocenters. The van der Waals surface area contributed by atoms with Crippen molar-refractivity contribution in [1.29, 1.82) is 0 Å². The number of benzene rings is 2. The molecule has 0 aromatic heterocycles. The number of hydrogen-bond donors (Lipinski definition) is 5. The molecule has 2 fully saturated rings. The highest BCUT2D eigenvalue weighted by molar-refractivity contribution is 5.95. The summed E-state index contributed by atoms with van der Waals surface area (Å²) >= 11 is 0. The van der Waals surface area contributed by atoms with E-state index in [0.717, 1.165) is 44.1 Å². The average molecular weight is 963 g/mol. The lowest BCUT2D eigenvalue weighted by molar-refractivity contribution is -0.144. The maximum absolute atomic E-state index is 14.3. The molecule has 2 unspecified atom stereocenters. The van der Waals surface area contributed by atoms with Gasteiger partial charge in [-0.15, -0.1) is 24.8 Å². The number of carbonyl (C=O) groups is 6. The van der Waals surface area contributed by atoms with Crippen molar-refractivity contribution in [1.82, 2.24) is 36.4 Å². The predicted octanol–water partition coefficient (Wildman–Crippen LogP) is 4.07. The van der Waals surface area contributed by atoms with Crippen LogP contribution in [0, 0.1) is 23.7 Å². The van der Waals surface area contributed by atoms with Crippen LogP contribution < -0.4 is 26.6 Å². The summed E-state index contributed by atoms with van der Waals surface area (Å²) in [6, 6.07) is 11.8. The Labute approximate surface area is 408 Å². The molecule has 0 saturated carbocycles. The minimum absolute atomic E-state index is 0. The number of nitrogens with zero attached hydrogens (tertiary/aromatic N) is 2. The van der Waals surface area contributed by atoms with E-state index in [1.54, 1.807) is 44.7 Å². The fraction of sp³-hybridized carbons (Fsp3) is 0.569. The van der Waals surface area contributed by atoms with Crippen LogP contribution in [0.2, 0.25) is 0 Å². The van der Waals surface area contributed by atoms with Crippen molar-refractivity contribution >= 4 is 60.1 Å². The van der Waals surface area contributed by atoms with Crippen molar-refractivity contribution in [2.75, 3.05) is 33.8 Å². The zero-order valence-corrected chi connectivity index (χ0v) is 41.1. The summed E-state index contributed by atoms with van der Waals surface area (Å²) in [4.78, 5) is 85.3. The van der Waals surface area contributed by atoms with Gasteiger partial charge < -0.3 is 41.1 Å². The van der Waals surface area contributed by atoms with Gasteiger partial charge in [0.15, 0.2) is 5.78 Å². The first-order chi connectivity index (χ1) is 31.4. The maximum atomic E-state index is 14.3. The fourth-order valence-corrected chi connectivity index (χ4v) is 9.63. The summed E-state index contributed by atoms with van der Waals surface area (Å²) in [5.74, 6) is 9.72. The molecule has 0 radical (unpaired) electrons. The van der Waals surface area contributed by atoms with E-state index < -0.39 is 42.4 Å². The third kappa shape index (κ3) is 14.1. The van der Waals surface area contributed by atoms with Gasteiger partial charge in [-0.2, -0.15) is 0 Å². The number of carbonyl (C=O) groups excluding carboxylic acids is 6. The summed E-state index contributed by atoms with van der Waals surface area (Å²) in [7, 11) is 3.31. The predicted molar refractivity (Wildman–Crippen MR) is 262 cm³/mol. The molecule has 2 heterocycles. The van der Waals surface area contributed by atoms with E-state index in [-0.39, 0.29) is 85.1 Å². The number of ether oxygens (including phenoxy) is 1. The summed E-state index contributed by atoms with van der Waals surface area (Å²) in [6.07, 6.45) is 7.68. The lowest BCUT2D eigenvalue weighted by Gasteiger charge is -2.33. The molecule has 2 aromatic rings. The van der Waals surface area contributed by atoms with Crippen molar-refractivity contribution in [3.05, 3.63) is 70.8 Å². The Morgan fingerprint density at radius 2 is 1.25 bits per heavy atom. The third-order valence-electron chi connectivity index (χ3n) is 13.6. The Kier molecular flexibility index (Phi) is 21.7. The molecule has 6 rings (SSSR count). The SMILES string of the molecule is CN[C@@H](C)C(=O)N[C@@H](CC#CC#CCO[C@H](C)[C@H](NC(=O)[C@H](C)NC)C(=O)N1CCCC1C(=O)C[C@@H]1CCCc2ccccc21)C(=O)N1CCCC1C(=O)N[C@@H]1CCCc2ccccc21.Cl.Cl. The number of amides is 5. The number of aryl methyl sites for hydroxylation is 2. The van der Waals surface area contributed by atoms with Crippen LogP contribution in [0.4, 0.5) is 0 Å². The van der Waals surface area contributed by atoms with Crippen LogP contribution in [0.3, 0.4) is 0 Å². The van der Waals surface area contributed by atoms with Gasteiger partial charge in [0.25, 0.3) is 0 Å². The lowest BCUT2D eigenvalue weighted by Crippen LogP contribution is -2.58. The standard InChI is InChI=1S/C51H67N7O7.2ClH/c1-33(52-4)47(60)55-42(50(63)58-30-17-28-44(58)49(62)54-41-26-15-21-37-19-10-12-24-40(37)41)25-8-6-7-13-31-65-35(3)46(56-48(61)34(2)53-5)51(64)57-29-16-27-43(57)45(59)32-38-22-14-20-36-18-9-11-23-39(36)38;;/h9-12,18-19,23-24,33-35,38,41-44,46,52-53H,14-17,20-22,25-32H2,1-5H3,(H,54,62)(H,55,60)(H,56,61);2*1H/t33-,34-,35+,38-,41+,42-,43?,44?,46-;;/m0../s1. The van der Waals surface area contributed by atoms with Gasteiger partial charge in [-0.05, 0) is 139 Å². The number of hydrogen-bond acceptors (Lipinski definition) is 9. The topological polar surface area (TPSA) is 178 Å². The molecule has 4 aliphatic rings. The highest BCUT2D eigenvalue weighted by atomic mass is 35.5. The number of Topliss-reactive ketones (excluding diaryl/α,β-unsaturated/α-hetero) is 1. The molecule has 67 heavy (non-hydrogen) atoms. The molecular formula is C51H69Cl2N7O7. The average Bonchev–Trinajstić information content (AvgIpc) is 4.03. The smallest absolute Gasteiger partial charge is 0.248 e. The largest absolute Gasteiger partial charge is 0.363 e. The number of nitrogens with one attached hydrogen (secondary N) is 5. The van der Waals surface area contributed by atoms with E-state index in [2.05, 4.69) is 74.5 Å². The molecule has 2 aliphatic carbocycles. The van der Waals surface area contributed by atoms with E-state index >= 15 is 0 Å². The third-order valence-corrected chi connectivity index (χ3v) is 13.6. The Bertz CT molecular complexity index is 2190. The molecule has 5 N–H and O–H groups in total. The second-order valence-corrected chi connectivity index (χ2v) is 17.9. The van der Waals surface area contributed by atoms with Crippen molar-refractivity contribution in [3.8, 4) is 23.7 Å². The van der Waals surface area contributed by atoms with Gasteiger partial charge in [-0.3, -0.25) is 28.8 Å². The van der Waals surface area contributed by atoms with Crippen LogP contribution in [0.25, 0.3) is 0 Å². The van der Waals surface area contributed by atoms with Crippen LogP contribution in [0.1, 0.15) is 119 Å². The van der Waals surface area contributed by atoms with Gasteiger partial charge in [0.05, 0.1) is 30.3 Å². The quantitative estimate of drug-likeness (QED) is 0.146. The summed E-state index contributed by atoms with van der Waals surface area (Å²) in [5, 5.41) is 14.7. The van der Waals surface area contributed by atoms with E-state index in [1.807, 2.05) is 24.3 Å². The number of likely N-dealkylation sites (tertiary alicyclic amines) is 2. The van der Waals surface area contributed by atoms with Gasteiger partial charge in [-0.1, -0.05) is 60.4 Å². The number of likely N-dealkylation sites (N-methyl/N-ethyl adjacent to an activating group) is 2. The zero-order chi connectivity index (χ0) is 46.5. The highest BCUT2D eigenvalue weighted by Gasteiger charge is 2.42. The molecule has 5 amide bonds. The van der Waals surface area contributed by atoms with Crippen LogP contribution in [0.15, 0.2) is 48.5 Å². The molecule has 2 saturated heterocycles. The monoisotopic (exact) mass is 961 g/mol. The Balaban J connectivity index is 0.00000490. The normalized spacial score (nSPS) is 21.6. The second-order valence-electron chi connectivity index (χ2n) is 17.9. The number of rotatable bonds is 17. The summed E-state index contributed by atoms with van der Waals surface area (Å²) in [5.41, 5.74) is 4.85. The van der Waals surface area contributed by atoms with Crippen molar-refractivity contribution < 1.29 is 33.5 Å². The maximum Gasteiger partial charge on any atom is 0.248 e. The van der Waals surface area contributed by atoms with E-state index in [0.29, 0.717) is 45.2 Å². The van der Waals surface area contributed by atoms with Crippen molar-refractivity contribution in [3.63, 3.8) is 0 Å². The molecule has 364 valence electrons. The van der Waals surface area contributed by atoms with Gasteiger partial charge in [-0.25, -0.2) is 0 Å². The highest BCUT2D eigenvalue weighted by Crippen LogP contribution is 2.36. The first-order valence-corrected chi connectivity index (χ1v) is 23.5. The second kappa shape index (κ2) is 26.5. The molecule has 16 heteroatoms. The zero-order valence-electron chi connectivity index (χ0n) is 39.5. The number of fused-ring (bicyclic) bond motifs is 2. The lowest BCUT2D eigenvalue weighted by atomic mass is 9.79. The van der Waals surface area contributed by atoms with Gasteiger partial charge >= 0.3 is 0 Å². The minimum atomic E-state index is -1.07.